The lowest BCUT2D eigenvalue weighted by atomic mass is 10.2. The largest absolute Gasteiger partial charge is 0.367 e. The molecule has 2 heterocycles. The van der Waals surface area contributed by atoms with Crippen molar-refractivity contribution in [3.63, 3.8) is 0 Å². The average molecular weight is 254 g/mol. The van der Waals surface area contributed by atoms with Gasteiger partial charge in [-0.15, -0.1) is 0 Å². The van der Waals surface area contributed by atoms with E-state index < -0.39 is 5.91 Å². The van der Waals surface area contributed by atoms with Crippen molar-refractivity contribution in [1.82, 2.24) is 15.2 Å². The molecule has 0 atom stereocenters. The summed E-state index contributed by atoms with van der Waals surface area (Å²) >= 11 is 0. The molecule has 0 bridgehead atoms. The Morgan fingerprint density at radius 3 is 3.00 bits per heavy atom. The van der Waals surface area contributed by atoms with Gasteiger partial charge in [-0.25, -0.2) is 0 Å². The van der Waals surface area contributed by atoms with Crippen LogP contribution in [-0.2, 0) is 0 Å². The van der Waals surface area contributed by atoms with E-state index in [1.54, 1.807) is 18.3 Å². The lowest BCUT2D eigenvalue weighted by molar-refractivity contribution is 0.102. The highest BCUT2D eigenvalue weighted by molar-refractivity contribution is 6.08. The lowest BCUT2D eigenvalue weighted by Gasteiger charge is -2.05. The first-order chi connectivity index (χ1) is 9.25. The maximum absolute atomic E-state index is 12.0. The number of nitrogens with zero attached hydrogens (tertiary/aromatic N) is 1. The number of carbonyl (C=O) groups excluding carboxylic acids is 1. The third-order valence-electron chi connectivity index (χ3n) is 2.80. The van der Waals surface area contributed by atoms with Crippen LogP contribution in [0.3, 0.4) is 0 Å². The second-order valence-corrected chi connectivity index (χ2v) is 4.01. The van der Waals surface area contributed by atoms with Gasteiger partial charge in [0.15, 0.2) is 5.43 Å². The Kier molecular flexibility index (Phi) is 2.60. The van der Waals surface area contributed by atoms with Gasteiger partial charge in [0, 0.05) is 23.8 Å². The zero-order valence-corrected chi connectivity index (χ0v) is 9.81. The molecule has 0 saturated heterocycles. The monoisotopic (exact) mass is 254 g/mol. The highest BCUT2D eigenvalue weighted by Crippen LogP contribution is 2.21. The summed E-state index contributed by atoms with van der Waals surface area (Å²) in [6.45, 7) is 0. The zero-order chi connectivity index (χ0) is 13.2. The molecule has 6 nitrogen and oxygen atoms in total. The van der Waals surface area contributed by atoms with Crippen LogP contribution in [0.5, 0.6) is 0 Å². The molecule has 6 heteroatoms. The molecular formula is C13H10N4O2. The van der Waals surface area contributed by atoms with Crippen LogP contribution in [0.4, 0.5) is 5.69 Å². The molecule has 0 aliphatic heterocycles. The van der Waals surface area contributed by atoms with Gasteiger partial charge in [-0.2, -0.15) is 5.10 Å². The SMILES string of the molecule is O=C(Nc1cccc2[nH]ncc12)c1c[nH]ccc1=O. The maximum Gasteiger partial charge on any atom is 0.261 e. The number of fused-ring (bicyclic) bond motifs is 1. The average Bonchev–Trinajstić information content (AvgIpc) is 2.88. The first-order valence-electron chi connectivity index (χ1n) is 5.66. The van der Waals surface area contributed by atoms with Gasteiger partial charge in [0.25, 0.3) is 5.91 Å². The van der Waals surface area contributed by atoms with Crippen LogP contribution in [-0.4, -0.2) is 21.1 Å². The molecule has 3 rings (SSSR count). The number of hydrogen-bond acceptors (Lipinski definition) is 3. The third kappa shape index (κ3) is 1.99. The van der Waals surface area contributed by atoms with Gasteiger partial charge in [-0.05, 0) is 12.1 Å². The maximum atomic E-state index is 12.0. The van der Waals surface area contributed by atoms with E-state index >= 15 is 0 Å². The van der Waals surface area contributed by atoms with Crippen LogP contribution in [0.15, 0.2) is 47.7 Å². The minimum absolute atomic E-state index is 0.0722. The molecule has 0 unspecified atom stereocenters. The van der Waals surface area contributed by atoms with Crippen LogP contribution in [0.1, 0.15) is 10.4 Å². The Hall–Kier alpha value is -2.89. The van der Waals surface area contributed by atoms with Crippen molar-refractivity contribution < 1.29 is 4.79 Å². The van der Waals surface area contributed by atoms with Crippen molar-refractivity contribution in [1.29, 1.82) is 0 Å². The smallest absolute Gasteiger partial charge is 0.261 e. The number of aromatic nitrogens is 3. The first kappa shape index (κ1) is 11.2. The van der Waals surface area contributed by atoms with Crippen molar-refractivity contribution >= 4 is 22.5 Å². The van der Waals surface area contributed by atoms with Crippen molar-refractivity contribution in [2.75, 3.05) is 5.32 Å². The number of amides is 1. The second-order valence-electron chi connectivity index (χ2n) is 4.01. The molecule has 2 aromatic heterocycles. The van der Waals surface area contributed by atoms with E-state index in [0.717, 1.165) is 10.9 Å². The number of hydrogen-bond donors (Lipinski definition) is 3. The van der Waals surface area contributed by atoms with E-state index in [9.17, 15) is 9.59 Å². The van der Waals surface area contributed by atoms with Gasteiger partial charge in [-0.1, -0.05) is 6.07 Å². The van der Waals surface area contributed by atoms with E-state index in [4.69, 9.17) is 0 Å². The number of nitrogens with one attached hydrogen (secondary N) is 3. The van der Waals surface area contributed by atoms with E-state index in [1.165, 1.54) is 18.5 Å². The predicted octanol–water partition coefficient (Wildman–Crippen LogP) is 1.50. The quantitative estimate of drug-likeness (QED) is 0.647. The van der Waals surface area contributed by atoms with Crippen molar-refractivity contribution in [2.45, 2.75) is 0 Å². The second kappa shape index (κ2) is 4.41. The molecule has 3 N–H and O–H groups in total. The van der Waals surface area contributed by atoms with Crippen LogP contribution in [0.2, 0.25) is 0 Å². The molecule has 3 aromatic rings. The predicted molar refractivity (Wildman–Crippen MR) is 71.1 cm³/mol. The number of carbonyl (C=O) groups is 1. The van der Waals surface area contributed by atoms with Crippen LogP contribution >= 0.6 is 0 Å². The number of rotatable bonds is 2. The van der Waals surface area contributed by atoms with Gasteiger partial charge in [0.1, 0.15) is 5.56 Å². The van der Waals surface area contributed by atoms with Gasteiger partial charge < -0.3 is 10.3 Å². The Balaban J connectivity index is 1.98. The Labute approximate surface area is 107 Å². The van der Waals surface area contributed by atoms with Crippen molar-refractivity contribution in [2.24, 2.45) is 0 Å². The van der Waals surface area contributed by atoms with E-state index in [2.05, 4.69) is 20.5 Å². The van der Waals surface area contributed by atoms with Gasteiger partial charge in [0.2, 0.25) is 0 Å². The standard InChI is InChI=1S/C13H10N4O2/c18-12-4-5-14-6-9(12)13(19)16-10-2-1-3-11-8(10)7-15-17-11/h1-7H,(H,14,18)(H,15,17)(H,16,19). The Bertz CT molecular complexity index is 803. The number of H-pyrrole nitrogens is 2. The van der Waals surface area contributed by atoms with Gasteiger partial charge in [0.05, 0.1) is 17.4 Å². The minimum atomic E-state index is -0.449. The summed E-state index contributed by atoms with van der Waals surface area (Å²) in [5.74, 6) is -0.449. The molecule has 0 fully saturated rings. The van der Waals surface area contributed by atoms with E-state index in [-0.39, 0.29) is 11.0 Å². The number of benzene rings is 1. The number of pyridine rings is 1. The van der Waals surface area contributed by atoms with Crippen LogP contribution < -0.4 is 10.7 Å². The van der Waals surface area contributed by atoms with Gasteiger partial charge >= 0.3 is 0 Å². The molecule has 1 amide bonds. The number of anilines is 1. The van der Waals surface area contributed by atoms with E-state index in [0.29, 0.717) is 5.69 Å². The summed E-state index contributed by atoms with van der Waals surface area (Å²) in [7, 11) is 0. The summed E-state index contributed by atoms with van der Waals surface area (Å²) in [6.07, 6.45) is 4.49. The molecule has 0 saturated carbocycles. The number of aromatic amines is 2. The Morgan fingerprint density at radius 2 is 2.16 bits per heavy atom. The molecule has 19 heavy (non-hydrogen) atoms. The third-order valence-corrected chi connectivity index (χ3v) is 2.80. The fraction of sp³-hybridized carbons (Fsp3) is 0. The molecule has 1 aromatic carbocycles. The van der Waals surface area contributed by atoms with Crippen LogP contribution in [0.25, 0.3) is 10.9 Å². The molecule has 0 radical (unpaired) electrons. The Morgan fingerprint density at radius 1 is 1.26 bits per heavy atom. The summed E-state index contributed by atoms with van der Waals surface area (Å²) in [5, 5.41) is 10.2. The highest BCUT2D eigenvalue weighted by Gasteiger charge is 2.11. The lowest BCUT2D eigenvalue weighted by Crippen LogP contribution is -2.20. The highest BCUT2D eigenvalue weighted by atomic mass is 16.2. The van der Waals surface area contributed by atoms with E-state index in [1.807, 2.05) is 6.07 Å². The van der Waals surface area contributed by atoms with Gasteiger partial charge in [-0.3, -0.25) is 14.7 Å². The summed E-state index contributed by atoms with van der Waals surface area (Å²) in [4.78, 5) is 26.3. The molecule has 94 valence electrons. The summed E-state index contributed by atoms with van der Waals surface area (Å²) in [6, 6.07) is 6.72. The molecule has 0 aliphatic carbocycles. The summed E-state index contributed by atoms with van der Waals surface area (Å²) < 4.78 is 0. The topological polar surface area (TPSA) is 90.6 Å². The van der Waals surface area contributed by atoms with Crippen molar-refractivity contribution in [3.8, 4) is 0 Å². The molecule has 0 aliphatic rings. The fourth-order valence-corrected chi connectivity index (χ4v) is 1.86. The first-order valence-corrected chi connectivity index (χ1v) is 5.66. The molecular weight excluding hydrogens is 244 g/mol. The van der Waals surface area contributed by atoms with Crippen LogP contribution in [0, 0.1) is 0 Å². The minimum Gasteiger partial charge on any atom is -0.367 e. The summed E-state index contributed by atoms with van der Waals surface area (Å²) in [5.41, 5.74) is 1.18. The normalized spacial score (nSPS) is 10.5. The molecule has 0 spiro atoms. The van der Waals surface area contributed by atoms with Crippen molar-refractivity contribution in [3.05, 3.63) is 58.6 Å². The fourth-order valence-electron chi connectivity index (χ4n) is 1.86. The zero-order valence-electron chi connectivity index (χ0n) is 9.81.